The quantitative estimate of drug-likeness (QED) is 0.702. The predicted octanol–water partition coefficient (Wildman–Crippen LogP) is 3.34. The van der Waals surface area contributed by atoms with Crippen molar-refractivity contribution >= 4 is 11.9 Å². The first-order chi connectivity index (χ1) is 14.2. The second-order valence-corrected chi connectivity index (χ2v) is 7.07. The maximum atomic E-state index is 12.8. The number of ether oxygens (including phenoxy) is 1. The average molecular weight is 388 g/mol. The number of fused-ring (bicyclic) bond motifs is 1. The third-order valence-corrected chi connectivity index (χ3v) is 5.15. The Morgan fingerprint density at radius 3 is 2.69 bits per heavy atom. The molecule has 148 valence electrons. The number of nitrogens with zero attached hydrogens (tertiary/aromatic N) is 3. The van der Waals surface area contributed by atoms with Crippen LogP contribution in [0.25, 0.3) is 0 Å². The van der Waals surface area contributed by atoms with Crippen molar-refractivity contribution in [2.45, 2.75) is 19.4 Å². The number of benzene rings is 2. The van der Waals surface area contributed by atoms with Crippen molar-refractivity contribution in [2.75, 3.05) is 25.5 Å². The van der Waals surface area contributed by atoms with Crippen LogP contribution in [0.4, 0.5) is 5.95 Å². The molecular formula is C23H24N4O2. The summed E-state index contributed by atoms with van der Waals surface area (Å²) >= 11 is 0. The summed E-state index contributed by atoms with van der Waals surface area (Å²) in [5, 5.41) is 3.20. The van der Waals surface area contributed by atoms with Crippen molar-refractivity contribution in [3.63, 3.8) is 0 Å². The van der Waals surface area contributed by atoms with E-state index in [-0.39, 0.29) is 5.91 Å². The van der Waals surface area contributed by atoms with Gasteiger partial charge < -0.3 is 15.0 Å². The number of anilines is 1. The lowest BCUT2D eigenvalue weighted by Crippen LogP contribution is -2.36. The Morgan fingerprint density at radius 1 is 1.10 bits per heavy atom. The number of aromatic nitrogens is 2. The number of nitrogens with one attached hydrogen (secondary N) is 1. The Kier molecular flexibility index (Phi) is 5.70. The van der Waals surface area contributed by atoms with Crippen LogP contribution in [0, 0.1) is 0 Å². The van der Waals surface area contributed by atoms with E-state index in [1.165, 1.54) is 16.7 Å². The van der Waals surface area contributed by atoms with Gasteiger partial charge in [-0.25, -0.2) is 9.97 Å². The van der Waals surface area contributed by atoms with Crippen molar-refractivity contribution in [3.8, 4) is 5.75 Å². The molecule has 1 aliphatic rings. The summed E-state index contributed by atoms with van der Waals surface area (Å²) < 4.78 is 5.24. The summed E-state index contributed by atoms with van der Waals surface area (Å²) in [7, 11) is 1.66. The van der Waals surface area contributed by atoms with Crippen LogP contribution in [0.2, 0.25) is 0 Å². The zero-order valence-corrected chi connectivity index (χ0v) is 16.5. The van der Waals surface area contributed by atoms with E-state index in [2.05, 4.69) is 33.5 Å². The van der Waals surface area contributed by atoms with Gasteiger partial charge in [-0.2, -0.15) is 0 Å². The molecule has 0 aliphatic carbocycles. The Morgan fingerprint density at radius 2 is 1.90 bits per heavy atom. The lowest BCUT2D eigenvalue weighted by atomic mass is 9.99. The summed E-state index contributed by atoms with van der Waals surface area (Å²) in [5.41, 5.74) is 4.23. The van der Waals surface area contributed by atoms with Crippen molar-refractivity contribution < 1.29 is 9.53 Å². The number of amides is 1. The van der Waals surface area contributed by atoms with Crippen LogP contribution in [-0.4, -0.2) is 41.0 Å². The molecule has 29 heavy (non-hydrogen) atoms. The summed E-state index contributed by atoms with van der Waals surface area (Å²) in [6.45, 7) is 2.05. The first-order valence-corrected chi connectivity index (χ1v) is 9.78. The minimum absolute atomic E-state index is 0.0255. The third kappa shape index (κ3) is 4.54. The van der Waals surface area contributed by atoms with Crippen LogP contribution in [0.5, 0.6) is 5.75 Å². The Labute approximate surface area is 170 Å². The molecule has 0 radical (unpaired) electrons. The highest BCUT2D eigenvalue weighted by Crippen LogP contribution is 2.20. The zero-order chi connectivity index (χ0) is 20.1. The van der Waals surface area contributed by atoms with Crippen molar-refractivity contribution in [3.05, 3.63) is 83.2 Å². The minimum Gasteiger partial charge on any atom is -0.497 e. The fourth-order valence-electron chi connectivity index (χ4n) is 3.53. The molecule has 1 amide bonds. The molecule has 6 nitrogen and oxygen atoms in total. The standard InChI is InChI=1S/C23H24N4O2/c1-29-21-8-4-5-17(13-21)9-11-24-23-25-14-20(15-26-23)22(28)27-12-10-18-6-2-3-7-19(18)16-27/h2-8,13-15H,9-12,16H2,1H3,(H,24,25,26). The Bertz CT molecular complexity index is 988. The highest BCUT2D eigenvalue weighted by atomic mass is 16.5. The molecule has 6 heteroatoms. The highest BCUT2D eigenvalue weighted by molar-refractivity contribution is 5.93. The lowest BCUT2D eigenvalue weighted by Gasteiger charge is -2.28. The molecule has 4 rings (SSSR count). The molecule has 0 unspecified atom stereocenters. The molecule has 0 bridgehead atoms. The first kappa shape index (κ1) is 18.9. The predicted molar refractivity (Wildman–Crippen MR) is 112 cm³/mol. The van der Waals surface area contributed by atoms with E-state index in [0.717, 1.165) is 25.1 Å². The molecule has 3 aromatic rings. The van der Waals surface area contributed by atoms with E-state index in [0.29, 0.717) is 24.6 Å². The van der Waals surface area contributed by atoms with Gasteiger partial charge in [0.25, 0.3) is 5.91 Å². The lowest BCUT2D eigenvalue weighted by molar-refractivity contribution is 0.0734. The van der Waals surface area contributed by atoms with E-state index in [1.54, 1.807) is 19.5 Å². The smallest absolute Gasteiger partial charge is 0.257 e. The van der Waals surface area contributed by atoms with Crippen LogP contribution in [0.15, 0.2) is 60.9 Å². The molecule has 0 fully saturated rings. The SMILES string of the molecule is COc1cccc(CCNc2ncc(C(=O)N3CCc4ccccc4C3)cn2)c1. The zero-order valence-electron chi connectivity index (χ0n) is 16.5. The van der Waals surface area contributed by atoms with Gasteiger partial charge in [-0.3, -0.25) is 4.79 Å². The summed E-state index contributed by atoms with van der Waals surface area (Å²) in [4.78, 5) is 23.3. The molecule has 0 atom stereocenters. The molecule has 0 saturated carbocycles. The number of methoxy groups -OCH3 is 1. The van der Waals surface area contributed by atoms with Gasteiger partial charge in [0.15, 0.2) is 0 Å². The van der Waals surface area contributed by atoms with E-state index in [9.17, 15) is 4.79 Å². The van der Waals surface area contributed by atoms with Gasteiger partial charge in [-0.05, 0) is 41.7 Å². The van der Waals surface area contributed by atoms with Crippen molar-refractivity contribution in [1.82, 2.24) is 14.9 Å². The highest BCUT2D eigenvalue weighted by Gasteiger charge is 2.22. The number of rotatable bonds is 6. The normalized spacial score (nSPS) is 12.9. The van der Waals surface area contributed by atoms with E-state index < -0.39 is 0 Å². The molecule has 0 spiro atoms. The average Bonchev–Trinajstić information content (AvgIpc) is 2.79. The van der Waals surface area contributed by atoms with Gasteiger partial charge in [-0.15, -0.1) is 0 Å². The monoisotopic (exact) mass is 388 g/mol. The molecule has 2 aromatic carbocycles. The van der Waals surface area contributed by atoms with Gasteiger partial charge >= 0.3 is 0 Å². The topological polar surface area (TPSA) is 67.3 Å². The van der Waals surface area contributed by atoms with E-state index >= 15 is 0 Å². The number of hydrogen-bond acceptors (Lipinski definition) is 5. The third-order valence-electron chi connectivity index (χ3n) is 5.15. The summed E-state index contributed by atoms with van der Waals surface area (Å²) in [5.74, 6) is 1.35. The van der Waals surface area contributed by atoms with Gasteiger partial charge in [0, 0.05) is 32.0 Å². The van der Waals surface area contributed by atoms with Gasteiger partial charge in [-0.1, -0.05) is 36.4 Å². The van der Waals surface area contributed by atoms with Gasteiger partial charge in [0.05, 0.1) is 12.7 Å². The molecule has 1 aliphatic heterocycles. The second-order valence-electron chi connectivity index (χ2n) is 7.07. The number of carbonyl (C=O) groups excluding carboxylic acids is 1. The fraction of sp³-hybridized carbons (Fsp3) is 0.261. The first-order valence-electron chi connectivity index (χ1n) is 9.78. The van der Waals surface area contributed by atoms with Crippen LogP contribution in [0.3, 0.4) is 0 Å². The molecule has 1 aromatic heterocycles. The van der Waals surface area contributed by atoms with Gasteiger partial charge in [0.2, 0.25) is 5.95 Å². The van der Waals surface area contributed by atoms with E-state index in [4.69, 9.17) is 4.74 Å². The largest absolute Gasteiger partial charge is 0.497 e. The summed E-state index contributed by atoms with van der Waals surface area (Å²) in [6.07, 6.45) is 4.91. The second kappa shape index (κ2) is 8.73. The van der Waals surface area contributed by atoms with E-state index in [1.807, 2.05) is 35.2 Å². The molecule has 2 heterocycles. The minimum atomic E-state index is -0.0255. The molecular weight excluding hydrogens is 364 g/mol. The summed E-state index contributed by atoms with van der Waals surface area (Å²) in [6, 6.07) is 16.3. The van der Waals surface area contributed by atoms with Crippen molar-refractivity contribution in [2.24, 2.45) is 0 Å². The fourth-order valence-corrected chi connectivity index (χ4v) is 3.53. The number of carbonyl (C=O) groups is 1. The van der Waals surface area contributed by atoms with Crippen LogP contribution in [-0.2, 0) is 19.4 Å². The van der Waals surface area contributed by atoms with Crippen molar-refractivity contribution in [1.29, 1.82) is 0 Å². The Balaban J connectivity index is 1.32. The maximum absolute atomic E-state index is 12.8. The Hall–Kier alpha value is -3.41. The van der Waals surface area contributed by atoms with Crippen LogP contribution in [0.1, 0.15) is 27.0 Å². The molecule has 0 saturated heterocycles. The van der Waals surface area contributed by atoms with Crippen LogP contribution < -0.4 is 10.1 Å². The number of hydrogen-bond donors (Lipinski definition) is 1. The van der Waals surface area contributed by atoms with Gasteiger partial charge in [0.1, 0.15) is 5.75 Å². The molecule has 1 N–H and O–H groups in total. The maximum Gasteiger partial charge on any atom is 0.257 e. The van der Waals surface area contributed by atoms with Crippen LogP contribution >= 0.6 is 0 Å².